The van der Waals surface area contributed by atoms with Gasteiger partial charge in [0.2, 0.25) is 0 Å². The molecule has 0 fully saturated rings. The van der Waals surface area contributed by atoms with Crippen LogP contribution < -0.4 is 5.56 Å². The highest BCUT2D eigenvalue weighted by atomic mass is 16.2. The Morgan fingerprint density at radius 1 is 1.04 bits per heavy atom. The smallest absolute Gasteiger partial charge is 0.258 e. The fraction of sp³-hybridized carbons (Fsp3) is 0.333. The zero-order chi connectivity index (χ0) is 19.5. The van der Waals surface area contributed by atoms with E-state index in [0.29, 0.717) is 35.7 Å². The third-order valence-corrected chi connectivity index (χ3v) is 5.28. The largest absolute Gasteiger partial charge is 0.328 e. The molecule has 2 aromatic heterocycles. The van der Waals surface area contributed by atoms with Gasteiger partial charge >= 0.3 is 0 Å². The molecular formula is C21H22N4O2. The van der Waals surface area contributed by atoms with Crippen molar-refractivity contribution in [3.05, 3.63) is 68.0 Å². The van der Waals surface area contributed by atoms with Crippen molar-refractivity contribution in [2.24, 2.45) is 7.05 Å². The summed E-state index contributed by atoms with van der Waals surface area (Å²) in [7, 11) is 1.71. The van der Waals surface area contributed by atoms with Crippen LogP contribution in [0.1, 0.15) is 44.3 Å². The highest BCUT2D eigenvalue weighted by molar-refractivity contribution is 6.07. The van der Waals surface area contributed by atoms with E-state index in [9.17, 15) is 9.59 Å². The lowest BCUT2D eigenvalue weighted by Crippen LogP contribution is -2.28. The Hall–Kier alpha value is -3.02. The summed E-state index contributed by atoms with van der Waals surface area (Å²) in [5.41, 5.74) is 5.67. The lowest BCUT2D eigenvalue weighted by Gasteiger charge is -2.17. The molecular weight excluding hydrogens is 340 g/mol. The molecule has 0 radical (unpaired) electrons. The van der Waals surface area contributed by atoms with E-state index in [-0.39, 0.29) is 11.5 Å². The third kappa shape index (κ3) is 2.72. The van der Waals surface area contributed by atoms with Crippen molar-refractivity contribution < 1.29 is 4.79 Å². The van der Waals surface area contributed by atoms with E-state index in [1.165, 1.54) is 4.57 Å². The molecule has 3 aromatic rings. The molecule has 1 aliphatic rings. The minimum atomic E-state index is -0.0896. The van der Waals surface area contributed by atoms with E-state index in [1.807, 2.05) is 32.9 Å². The van der Waals surface area contributed by atoms with E-state index < -0.39 is 0 Å². The van der Waals surface area contributed by atoms with Gasteiger partial charge in [-0.25, -0.2) is 4.98 Å². The van der Waals surface area contributed by atoms with Gasteiger partial charge in [0.25, 0.3) is 11.5 Å². The van der Waals surface area contributed by atoms with E-state index in [4.69, 9.17) is 0 Å². The summed E-state index contributed by atoms with van der Waals surface area (Å²) in [6.07, 6.45) is 0. The van der Waals surface area contributed by atoms with Gasteiger partial charge in [-0.15, -0.1) is 0 Å². The zero-order valence-electron chi connectivity index (χ0n) is 16.3. The summed E-state index contributed by atoms with van der Waals surface area (Å²) >= 11 is 0. The Morgan fingerprint density at radius 3 is 2.52 bits per heavy atom. The average Bonchev–Trinajstić information content (AvgIpc) is 3.03. The number of hydrogen-bond donors (Lipinski definition) is 0. The second-order valence-electron chi connectivity index (χ2n) is 7.40. The summed E-state index contributed by atoms with van der Waals surface area (Å²) < 4.78 is 1.53. The van der Waals surface area contributed by atoms with Gasteiger partial charge in [0, 0.05) is 18.1 Å². The maximum absolute atomic E-state index is 13.3. The Balaban J connectivity index is 1.81. The Kier molecular flexibility index (Phi) is 3.87. The quantitative estimate of drug-likeness (QED) is 0.667. The van der Waals surface area contributed by atoms with Crippen LogP contribution in [-0.4, -0.2) is 25.3 Å². The molecule has 4 rings (SSSR count). The van der Waals surface area contributed by atoms with Gasteiger partial charge in [-0.2, -0.15) is 0 Å². The number of fused-ring (bicyclic) bond motifs is 2. The van der Waals surface area contributed by atoms with E-state index >= 15 is 0 Å². The topological polar surface area (TPSA) is 68.1 Å². The van der Waals surface area contributed by atoms with Crippen molar-refractivity contribution in [3.8, 4) is 0 Å². The van der Waals surface area contributed by atoms with E-state index in [0.717, 1.165) is 27.7 Å². The average molecular weight is 362 g/mol. The Bertz CT molecular complexity index is 1180. The van der Waals surface area contributed by atoms with Gasteiger partial charge in [-0.05, 0) is 45.4 Å². The first-order valence-electron chi connectivity index (χ1n) is 8.99. The van der Waals surface area contributed by atoms with Gasteiger partial charge in [0.1, 0.15) is 5.82 Å². The van der Waals surface area contributed by atoms with Gasteiger partial charge < -0.3 is 4.90 Å². The molecule has 1 aromatic carbocycles. The number of rotatable bonds is 1. The number of aryl methyl sites for hydroxylation is 4. The van der Waals surface area contributed by atoms with Crippen molar-refractivity contribution in [1.82, 2.24) is 19.4 Å². The molecule has 3 heterocycles. The molecule has 0 N–H and O–H groups in total. The molecule has 0 spiro atoms. The minimum Gasteiger partial charge on any atom is -0.328 e. The van der Waals surface area contributed by atoms with Crippen molar-refractivity contribution in [2.75, 3.05) is 0 Å². The minimum absolute atomic E-state index is 0.0738. The lowest BCUT2D eigenvalue weighted by atomic mass is 10.0. The standard InChI is InChI=1S/C21H22N4O2/c1-11-6-12(2)19-15(7-11)16(8-13(3)22-19)21(27)25-9-17-18(10-25)23-14(4)24(5)20(17)26/h6-8H,9-10H2,1-5H3. The number of nitrogens with zero attached hydrogens (tertiary/aromatic N) is 4. The van der Waals surface area contributed by atoms with Gasteiger partial charge in [-0.1, -0.05) is 11.6 Å². The van der Waals surface area contributed by atoms with Crippen LogP contribution in [0.3, 0.4) is 0 Å². The number of pyridine rings is 1. The van der Waals surface area contributed by atoms with E-state index in [2.05, 4.69) is 16.0 Å². The number of hydrogen-bond acceptors (Lipinski definition) is 4. The van der Waals surface area contributed by atoms with Crippen LogP contribution >= 0.6 is 0 Å². The van der Waals surface area contributed by atoms with Crippen LogP contribution in [0.2, 0.25) is 0 Å². The second-order valence-corrected chi connectivity index (χ2v) is 7.40. The normalized spacial score (nSPS) is 13.3. The number of carbonyl (C=O) groups excluding carboxylic acids is 1. The molecule has 0 atom stereocenters. The van der Waals surface area contributed by atoms with Crippen LogP contribution in [-0.2, 0) is 20.1 Å². The lowest BCUT2D eigenvalue weighted by molar-refractivity contribution is 0.0752. The number of carbonyl (C=O) groups is 1. The van der Waals surface area contributed by atoms with Crippen molar-refractivity contribution in [3.63, 3.8) is 0 Å². The molecule has 1 aliphatic heterocycles. The predicted molar refractivity (Wildman–Crippen MR) is 104 cm³/mol. The monoisotopic (exact) mass is 362 g/mol. The first kappa shape index (κ1) is 17.4. The first-order chi connectivity index (χ1) is 12.8. The fourth-order valence-electron chi connectivity index (χ4n) is 3.83. The molecule has 138 valence electrons. The highest BCUT2D eigenvalue weighted by Gasteiger charge is 2.29. The molecule has 6 heteroatoms. The SMILES string of the molecule is Cc1cc(C)c2nc(C)cc(C(=O)N3Cc4nc(C)n(C)c(=O)c4C3)c2c1. The summed E-state index contributed by atoms with van der Waals surface area (Å²) in [5, 5.41) is 0.857. The van der Waals surface area contributed by atoms with Crippen molar-refractivity contribution in [2.45, 2.75) is 40.8 Å². The van der Waals surface area contributed by atoms with Gasteiger partial charge in [0.15, 0.2) is 0 Å². The highest BCUT2D eigenvalue weighted by Crippen LogP contribution is 2.27. The van der Waals surface area contributed by atoms with Crippen LogP contribution in [0, 0.1) is 27.7 Å². The third-order valence-electron chi connectivity index (χ3n) is 5.28. The molecule has 27 heavy (non-hydrogen) atoms. The van der Waals surface area contributed by atoms with Crippen molar-refractivity contribution in [1.29, 1.82) is 0 Å². The summed E-state index contributed by atoms with van der Waals surface area (Å²) in [6, 6.07) is 5.92. The number of aromatic nitrogens is 3. The van der Waals surface area contributed by atoms with Crippen LogP contribution in [0.5, 0.6) is 0 Å². The second kappa shape index (κ2) is 6.01. The van der Waals surface area contributed by atoms with Crippen LogP contribution in [0.4, 0.5) is 0 Å². The predicted octanol–water partition coefficient (Wildman–Crippen LogP) is 2.72. The molecule has 0 saturated heterocycles. The number of amides is 1. The summed E-state index contributed by atoms with van der Waals surface area (Å²) in [6.45, 7) is 8.38. The van der Waals surface area contributed by atoms with E-state index in [1.54, 1.807) is 18.9 Å². The summed E-state index contributed by atoms with van der Waals surface area (Å²) in [5.74, 6) is 0.567. The van der Waals surface area contributed by atoms with Gasteiger partial charge in [0.05, 0.1) is 35.4 Å². The maximum atomic E-state index is 13.3. The zero-order valence-corrected chi connectivity index (χ0v) is 16.3. The first-order valence-corrected chi connectivity index (χ1v) is 8.99. The molecule has 6 nitrogen and oxygen atoms in total. The Labute approximate surface area is 157 Å². The molecule has 0 saturated carbocycles. The molecule has 0 aliphatic carbocycles. The Morgan fingerprint density at radius 2 is 1.78 bits per heavy atom. The fourth-order valence-corrected chi connectivity index (χ4v) is 3.83. The van der Waals surface area contributed by atoms with Crippen molar-refractivity contribution >= 4 is 16.8 Å². The molecule has 0 unspecified atom stereocenters. The van der Waals surface area contributed by atoms with Crippen LogP contribution in [0.25, 0.3) is 10.9 Å². The van der Waals surface area contributed by atoms with Crippen LogP contribution in [0.15, 0.2) is 23.0 Å². The summed E-state index contributed by atoms with van der Waals surface area (Å²) in [4.78, 5) is 36.7. The maximum Gasteiger partial charge on any atom is 0.258 e. The van der Waals surface area contributed by atoms with Gasteiger partial charge in [-0.3, -0.25) is 19.1 Å². The molecule has 0 bridgehead atoms. The number of benzene rings is 1. The molecule has 1 amide bonds.